The van der Waals surface area contributed by atoms with Crippen LogP contribution in [0.5, 0.6) is 0 Å². The van der Waals surface area contributed by atoms with Crippen LogP contribution in [0.15, 0.2) is 48.5 Å². The smallest absolute Gasteiger partial charge is 0.193 e. The fourth-order valence-corrected chi connectivity index (χ4v) is 3.13. The largest absolute Gasteiger partial charge is 0.289 e. The summed E-state index contributed by atoms with van der Waals surface area (Å²) >= 11 is 0. The summed E-state index contributed by atoms with van der Waals surface area (Å²) in [6.07, 6.45) is 3.28. The zero-order valence-electron chi connectivity index (χ0n) is 16.6. The second kappa shape index (κ2) is 7.56. The Morgan fingerprint density at radius 2 is 1.08 bits per heavy atom. The zero-order valence-corrected chi connectivity index (χ0v) is 16.6. The van der Waals surface area contributed by atoms with Crippen LogP contribution >= 0.6 is 0 Å². The normalized spacial score (nSPS) is 12.2. The first-order valence-corrected chi connectivity index (χ1v) is 9.53. The number of ketones is 1. The molecular formula is C24H32O. The highest BCUT2D eigenvalue weighted by Crippen LogP contribution is 2.31. The Morgan fingerprint density at radius 1 is 0.680 bits per heavy atom. The van der Waals surface area contributed by atoms with Crippen LogP contribution in [0.1, 0.15) is 87.9 Å². The lowest BCUT2D eigenvalue weighted by Crippen LogP contribution is -2.19. The molecule has 0 spiro atoms. The minimum atomic E-state index is 0.0992. The number of rotatable bonds is 7. The minimum Gasteiger partial charge on any atom is -0.289 e. The fourth-order valence-electron chi connectivity index (χ4n) is 3.13. The predicted octanol–water partition coefficient (Wildman–Crippen LogP) is 6.68. The van der Waals surface area contributed by atoms with Crippen LogP contribution in [-0.4, -0.2) is 5.78 Å². The Labute approximate surface area is 153 Å². The van der Waals surface area contributed by atoms with Gasteiger partial charge in [0, 0.05) is 11.1 Å². The molecule has 2 aromatic carbocycles. The van der Waals surface area contributed by atoms with Gasteiger partial charge in [-0.15, -0.1) is 0 Å². The van der Waals surface area contributed by atoms with Crippen molar-refractivity contribution in [2.24, 2.45) is 0 Å². The quantitative estimate of drug-likeness (QED) is 0.515. The summed E-state index contributed by atoms with van der Waals surface area (Å²) < 4.78 is 0. The van der Waals surface area contributed by atoms with Gasteiger partial charge in [0.1, 0.15) is 0 Å². The summed E-state index contributed by atoms with van der Waals surface area (Å²) in [7, 11) is 0. The topological polar surface area (TPSA) is 17.1 Å². The van der Waals surface area contributed by atoms with Crippen LogP contribution in [-0.2, 0) is 10.8 Å². The average molecular weight is 337 g/mol. The van der Waals surface area contributed by atoms with Crippen LogP contribution in [0.4, 0.5) is 0 Å². The molecule has 0 N–H and O–H groups in total. The lowest BCUT2D eigenvalue weighted by molar-refractivity contribution is 0.103. The second-order valence-corrected chi connectivity index (χ2v) is 7.99. The molecule has 0 aromatic heterocycles. The number of hydrogen-bond donors (Lipinski definition) is 0. The molecule has 0 heterocycles. The van der Waals surface area contributed by atoms with E-state index in [1.807, 2.05) is 24.3 Å². The highest BCUT2D eigenvalue weighted by atomic mass is 16.1. The first kappa shape index (κ1) is 19.4. The van der Waals surface area contributed by atoms with Gasteiger partial charge in [0.2, 0.25) is 0 Å². The highest BCUT2D eigenvalue weighted by Gasteiger charge is 2.22. The van der Waals surface area contributed by atoms with Crippen molar-refractivity contribution < 1.29 is 4.79 Å². The molecule has 0 fully saturated rings. The van der Waals surface area contributed by atoms with E-state index >= 15 is 0 Å². The Morgan fingerprint density at radius 3 is 1.44 bits per heavy atom. The Kier molecular flexibility index (Phi) is 5.87. The third kappa shape index (κ3) is 4.03. The monoisotopic (exact) mass is 336 g/mol. The van der Waals surface area contributed by atoms with Crippen LogP contribution in [0, 0.1) is 0 Å². The number of carbonyl (C=O) groups is 1. The average Bonchev–Trinajstić information content (AvgIpc) is 2.67. The highest BCUT2D eigenvalue weighted by molar-refractivity contribution is 6.09. The molecule has 0 radical (unpaired) electrons. The van der Waals surface area contributed by atoms with Gasteiger partial charge in [-0.05, 0) is 41.2 Å². The molecule has 2 aromatic rings. The third-order valence-corrected chi connectivity index (χ3v) is 6.22. The van der Waals surface area contributed by atoms with Crippen LogP contribution in [0.25, 0.3) is 0 Å². The molecule has 0 bridgehead atoms. The van der Waals surface area contributed by atoms with E-state index in [2.05, 4.69) is 65.8 Å². The van der Waals surface area contributed by atoms with Crippen molar-refractivity contribution in [2.75, 3.05) is 0 Å². The second-order valence-electron chi connectivity index (χ2n) is 7.99. The molecule has 1 nitrogen and oxygen atoms in total. The molecule has 25 heavy (non-hydrogen) atoms. The molecular weight excluding hydrogens is 304 g/mol. The molecule has 1 heteroatoms. The van der Waals surface area contributed by atoms with E-state index in [1.54, 1.807) is 0 Å². The van der Waals surface area contributed by atoms with E-state index < -0.39 is 0 Å². The van der Waals surface area contributed by atoms with Gasteiger partial charge in [-0.3, -0.25) is 4.79 Å². The van der Waals surface area contributed by atoms with Gasteiger partial charge < -0.3 is 0 Å². The maximum absolute atomic E-state index is 12.8. The Hall–Kier alpha value is -1.89. The van der Waals surface area contributed by atoms with Gasteiger partial charge in [0.25, 0.3) is 0 Å². The molecule has 0 aliphatic carbocycles. The molecule has 0 saturated heterocycles. The molecule has 134 valence electrons. The molecule has 0 amide bonds. The van der Waals surface area contributed by atoms with Crippen molar-refractivity contribution in [3.8, 4) is 0 Å². The van der Waals surface area contributed by atoms with E-state index in [9.17, 15) is 4.79 Å². The summed E-state index contributed by atoms with van der Waals surface area (Å²) in [5.74, 6) is 0.0992. The Bertz CT molecular complexity index is 701. The van der Waals surface area contributed by atoms with E-state index in [1.165, 1.54) is 11.1 Å². The van der Waals surface area contributed by atoms with Gasteiger partial charge in [0.05, 0.1) is 0 Å². The van der Waals surface area contributed by atoms with Gasteiger partial charge in [-0.2, -0.15) is 0 Å². The third-order valence-electron chi connectivity index (χ3n) is 6.22. The SMILES string of the molecule is CCC(C)(C)c1ccc(C(=O)c2ccc(C(C)(CC)CC)cc2)cc1. The van der Waals surface area contributed by atoms with Crippen molar-refractivity contribution in [3.63, 3.8) is 0 Å². The first-order valence-electron chi connectivity index (χ1n) is 9.53. The first-order chi connectivity index (χ1) is 11.8. The van der Waals surface area contributed by atoms with Crippen molar-refractivity contribution in [3.05, 3.63) is 70.8 Å². The van der Waals surface area contributed by atoms with E-state index in [-0.39, 0.29) is 16.6 Å². The van der Waals surface area contributed by atoms with E-state index in [0.717, 1.165) is 30.4 Å². The van der Waals surface area contributed by atoms with E-state index in [4.69, 9.17) is 0 Å². The number of hydrogen-bond acceptors (Lipinski definition) is 1. The lowest BCUT2D eigenvalue weighted by atomic mass is 9.77. The number of carbonyl (C=O) groups excluding carboxylic acids is 1. The van der Waals surface area contributed by atoms with Crippen LogP contribution < -0.4 is 0 Å². The maximum atomic E-state index is 12.8. The molecule has 0 aliphatic heterocycles. The minimum absolute atomic E-state index is 0.0992. The molecule has 2 rings (SSSR count). The predicted molar refractivity (Wildman–Crippen MR) is 108 cm³/mol. The van der Waals surface area contributed by atoms with Crippen molar-refractivity contribution >= 4 is 5.78 Å². The van der Waals surface area contributed by atoms with Crippen molar-refractivity contribution in [1.29, 1.82) is 0 Å². The van der Waals surface area contributed by atoms with Gasteiger partial charge >= 0.3 is 0 Å². The fraction of sp³-hybridized carbons (Fsp3) is 0.458. The molecule has 0 unspecified atom stereocenters. The molecule has 0 aliphatic rings. The summed E-state index contributed by atoms with van der Waals surface area (Å²) in [4.78, 5) is 12.8. The number of benzene rings is 2. The van der Waals surface area contributed by atoms with E-state index in [0.29, 0.717) is 0 Å². The molecule has 0 saturated carbocycles. The summed E-state index contributed by atoms with van der Waals surface area (Å²) in [6.45, 7) is 13.4. The van der Waals surface area contributed by atoms with Crippen molar-refractivity contribution in [2.45, 2.75) is 71.6 Å². The van der Waals surface area contributed by atoms with Gasteiger partial charge in [0.15, 0.2) is 5.78 Å². The van der Waals surface area contributed by atoms with Gasteiger partial charge in [-0.25, -0.2) is 0 Å². The van der Waals surface area contributed by atoms with Gasteiger partial charge in [-0.1, -0.05) is 90.1 Å². The zero-order chi connectivity index (χ0) is 18.7. The van der Waals surface area contributed by atoms with Crippen LogP contribution in [0.2, 0.25) is 0 Å². The summed E-state index contributed by atoms with van der Waals surface area (Å²) in [6, 6.07) is 16.3. The lowest BCUT2D eigenvalue weighted by Gasteiger charge is -2.27. The maximum Gasteiger partial charge on any atom is 0.193 e. The standard InChI is InChI=1S/C24H32O/c1-7-23(4,5)20-14-10-18(11-15-20)22(25)19-12-16-21(17-13-19)24(6,8-2)9-3/h10-17H,7-9H2,1-6H3. The Balaban J connectivity index is 2.24. The summed E-state index contributed by atoms with van der Waals surface area (Å²) in [5, 5.41) is 0. The molecule has 0 atom stereocenters. The van der Waals surface area contributed by atoms with Crippen LogP contribution in [0.3, 0.4) is 0 Å². The summed E-state index contributed by atoms with van der Waals surface area (Å²) in [5.41, 5.74) is 4.46. The van der Waals surface area contributed by atoms with Crippen molar-refractivity contribution in [1.82, 2.24) is 0 Å².